The summed E-state index contributed by atoms with van der Waals surface area (Å²) < 4.78 is 9.92. The van der Waals surface area contributed by atoms with Crippen molar-refractivity contribution in [2.45, 2.75) is 39.3 Å². The normalized spacial score (nSPS) is 12.9. The fraction of sp³-hybridized carbons (Fsp3) is 0.412. The van der Waals surface area contributed by atoms with Gasteiger partial charge in [-0.2, -0.15) is 0 Å². The van der Waals surface area contributed by atoms with Gasteiger partial charge in [0.2, 0.25) is 5.28 Å². The van der Waals surface area contributed by atoms with E-state index in [1.807, 2.05) is 27.7 Å². The molecule has 0 aliphatic carbocycles. The molecule has 2 heterocycles. The number of anilines is 3. The lowest BCUT2D eigenvalue weighted by Gasteiger charge is -2.09. The Hall–Kier alpha value is -1.71. The first-order valence-electron chi connectivity index (χ1n) is 7.76. The Kier molecular flexibility index (Phi) is 6.14. The van der Waals surface area contributed by atoms with Crippen molar-refractivity contribution in [1.29, 1.82) is 0 Å². The molecule has 0 radical (unpaired) electrons. The van der Waals surface area contributed by atoms with E-state index in [9.17, 15) is 4.57 Å². The van der Waals surface area contributed by atoms with Crippen LogP contribution in [-0.4, -0.2) is 21.7 Å². The van der Waals surface area contributed by atoms with Crippen molar-refractivity contribution in [2.75, 3.05) is 17.2 Å². The van der Waals surface area contributed by atoms with Gasteiger partial charge in [-0.05, 0) is 63.4 Å². The molecular formula is C17H22ClN4OP. The number of halogens is 1. The van der Waals surface area contributed by atoms with Gasteiger partial charge in [-0.25, -0.2) is 9.97 Å². The average molecular weight is 365 g/mol. The van der Waals surface area contributed by atoms with Crippen molar-refractivity contribution in [1.82, 2.24) is 9.97 Å². The molecule has 128 valence electrons. The van der Waals surface area contributed by atoms with Gasteiger partial charge >= 0.3 is 0 Å². The molecule has 1 aliphatic heterocycles. The minimum absolute atomic E-state index is 0.0417. The van der Waals surface area contributed by atoms with E-state index < -0.39 is 0 Å². The van der Waals surface area contributed by atoms with Gasteiger partial charge in [0.05, 0.1) is 0 Å². The Balaban J connectivity index is 0.000000301. The number of aryl methyl sites for hydroxylation is 1. The molecule has 3 rings (SSSR count). The summed E-state index contributed by atoms with van der Waals surface area (Å²) in [4.78, 5) is 8.13. The smallest absolute Gasteiger partial charge is 0.224 e. The van der Waals surface area contributed by atoms with Gasteiger partial charge in [0.25, 0.3) is 0 Å². The first-order valence-corrected chi connectivity index (χ1v) is 8.95. The molecule has 0 atom stereocenters. The Morgan fingerprint density at radius 3 is 2.71 bits per heavy atom. The number of rotatable bonds is 2. The van der Waals surface area contributed by atoms with E-state index in [4.69, 9.17) is 11.6 Å². The fourth-order valence-electron chi connectivity index (χ4n) is 2.05. The summed E-state index contributed by atoms with van der Waals surface area (Å²) in [5.41, 5.74) is 4.52. The molecule has 0 fully saturated rings. The molecule has 0 spiro atoms. The number of fused-ring (bicyclic) bond motifs is 1. The summed E-state index contributed by atoms with van der Waals surface area (Å²) >= 11 is 5.80. The molecule has 0 amide bonds. The molecule has 5 nitrogen and oxygen atoms in total. The lowest BCUT2D eigenvalue weighted by atomic mass is 10.1. The molecule has 1 aromatic heterocycles. The fourth-order valence-corrected chi connectivity index (χ4v) is 2.19. The number of hydrogen-bond acceptors (Lipinski definition) is 5. The third kappa shape index (κ3) is 5.43. The maximum atomic E-state index is 9.92. The monoisotopic (exact) mass is 364 g/mol. The summed E-state index contributed by atoms with van der Waals surface area (Å²) in [5, 5.41) is 6.83. The maximum absolute atomic E-state index is 9.92. The van der Waals surface area contributed by atoms with E-state index >= 15 is 0 Å². The second-order valence-corrected chi connectivity index (χ2v) is 8.47. The van der Waals surface area contributed by atoms with Crippen LogP contribution in [0.1, 0.15) is 31.9 Å². The van der Waals surface area contributed by atoms with Crippen LogP contribution < -0.4 is 10.6 Å². The third-order valence-corrected chi connectivity index (χ3v) is 4.03. The van der Waals surface area contributed by atoms with Crippen molar-refractivity contribution < 1.29 is 4.57 Å². The summed E-state index contributed by atoms with van der Waals surface area (Å²) in [7, 11) is 0.225. The molecular weight excluding hydrogens is 343 g/mol. The maximum Gasteiger partial charge on any atom is 0.224 e. The molecule has 0 unspecified atom stereocenters. The van der Waals surface area contributed by atoms with Crippen molar-refractivity contribution in [3.63, 3.8) is 0 Å². The number of nitrogens with one attached hydrogen (secondary N) is 2. The zero-order chi connectivity index (χ0) is 17.7. The van der Waals surface area contributed by atoms with Crippen LogP contribution >= 0.6 is 20.1 Å². The third-order valence-electron chi connectivity index (χ3n) is 3.30. The molecule has 7 heteroatoms. The van der Waals surface area contributed by atoms with E-state index in [2.05, 4.69) is 38.8 Å². The minimum atomic E-state index is -0.0417. The van der Waals surface area contributed by atoms with Crippen LogP contribution in [0.15, 0.2) is 24.4 Å². The van der Waals surface area contributed by atoms with Gasteiger partial charge < -0.3 is 10.6 Å². The Bertz CT molecular complexity index is 731. The second kappa shape index (κ2) is 7.91. The molecule has 2 aromatic rings. The lowest BCUT2D eigenvalue weighted by Crippen LogP contribution is -1.99. The van der Waals surface area contributed by atoms with Crippen LogP contribution in [0.3, 0.4) is 0 Å². The topological polar surface area (TPSA) is 66.9 Å². The highest BCUT2D eigenvalue weighted by Crippen LogP contribution is 2.27. The van der Waals surface area contributed by atoms with Crippen molar-refractivity contribution in [3.8, 4) is 0 Å². The van der Waals surface area contributed by atoms with Crippen LogP contribution in [0, 0.1) is 6.92 Å². The summed E-state index contributed by atoms with van der Waals surface area (Å²) in [5.74, 6) is 0.743. The highest BCUT2D eigenvalue weighted by atomic mass is 35.5. The predicted molar refractivity (Wildman–Crippen MR) is 101 cm³/mol. The highest BCUT2D eigenvalue weighted by Gasteiger charge is 2.11. The zero-order valence-electron chi connectivity index (χ0n) is 14.4. The van der Waals surface area contributed by atoms with Crippen molar-refractivity contribution in [2.24, 2.45) is 0 Å². The first-order chi connectivity index (χ1) is 11.3. The lowest BCUT2D eigenvalue weighted by molar-refractivity contribution is 0.579. The largest absolute Gasteiger partial charge is 0.384 e. The van der Waals surface area contributed by atoms with Gasteiger partial charge in [0.15, 0.2) is 8.46 Å². The summed E-state index contributed by atoms with van der Waals surface area (Å²) in [6.45, 7) is 8.71. The van der Waals surface area contributed by atoms with Gasteiger partial charge in [0.1, 0.15) is 5.82 Å². The highest BCUT2D eigenvalue weighted by molar-refractivity contribution is 7.25. The number of aromatic nitrogens is 2. The number of benzene rings is 1. The Labute approximate surface area is 149 Å². The first kappa shape index (κ1) is 18.6. The average Bonchev–Trinajstić information content (AvgIpc) is 2.98. The molecule has 2 N–H and O–H groups in total. The van der Waals surface area contributed by atoms with E-state index in [0.29, 0.717) is 0 Å². The van der Waals surface area contributed by atoms with Gasteiger partial charge in [0, 0.05) is 34.8 Å². The summed E-state index contributed by atoms with van der Waals surface area (Å²) in [6, 6.07) is 6.29. The van der Waals surface area contributed by atoms with Gasteiger partial charge in [-0.3, -0.25) is 4.57 Å². The zero-order valence-corrected chi connectivity index (χ0v) is 16.0. The molecule has 0 bridgehead atoms. The standard InChI is InChI=1S/C13H13ClN4.C4H9OP/c1-8-7-16-13(14)18-12(8)17-10-3-2-9-4-5-15-11(9)6-10;1-4(2,3)6-5/h2-3,6-7,15H,4-5H2,1H3,(H,16,17,18);1-3H3. The Morgan fingerprint density at radius 1 is 1.33 bits per heavy atom. The van der Waals surface area contributed by atoms with Crippen LogP contribution in [0.4, 0.5) is 17.2 Å². The van der Waals surface area contributed by atoms with E-state index in [1.165, 1.54) is 11.3 Å². The quantitative estimate of drug-likeness (QED) is 0.564. The van der Waals surface area contributed by atoms with Crippen molar-refractivity contribution in [3.05, 3.63) is 40.8 Å². The predicted octanol–water partition coefficient (Wildman–Crippen LogP) is 5.23. The van der Waals surface area contributed by atoms with E-state index in [1.54, 1.807) is 6.20 Å². The Morgan fingerprint density at radius 2 is 2.04 bits per heavy atom. The van der Waals surface area contributed by atoms with Gasteiger partial charge in [-0.15, -0.1) is 0 Å². The molecule has 0 saturated heterocycles. The minimum Gasteiger partial charge on any atom is -0.384 e. The SMILES string of the molecule is CC(C)(C)P=O.Cc1cnc(Cl)nc1Nc1ccc2c(c1)NCC2. The van der Waals surface area contributed by atoms with E-state index in [0.717, 1.165) is 30.0 Å². The molecule has 24 heavy (non-hydrogen) atoms. The number of hydrogen-bond donors (Lipinski definition) is 2. The van der Waals surface area contributed by atoms with E-state index in [-0.39, 0.29) is 18.9 Å². The summed E-state index contributed by atoms with van der Waals surface area (Å²) in [6.07, 6.45) is 2.80. The van der Waals surface area contributed by atoms with Crippen LogP contribution in [0.25, 0.3) is 0 Å². The molecule has 0 saturated carbocycles. The number of nitrogens with zero attached hydrogens (tertiary/aromatic N) is 2. The van der Waals surface area contributed by atoms with Crippen LogP contribution in [0.5, 0.6) is 0 Å². The van der Waals surface area contributed by atoms with Crippen LogP contribution in [-0.2, 0) is 11.0 Å². The van der Waals surface area contributed by atoms with Crippen molar-refractivity contribution >= 4 is 37.3 Å². The van der Waals surface area contributed by atoms with Crippen LogP contribution in [0.2, 0.25) is 5.28 Å². The molecule has 1 aromatic carbocycles. The van der Waals surface area contributed by atoms with Gasteiger partial charge in [-0.1, -0.05) is 6.07 Å². The molecule has 1 aliphatic rings. The second-order valence-electron chi connectivity index (χ2n) is 6.61.